The van der Waals surface area contributed by atoms with Gasteiger partial charge in [-0.15, -0.1) is 10.2 Å². The minimum Gasteiger partial charge on any atom is -0.411 e. The van der Waals surface area contributed by atoms with Crippen LogP contribution in [-0.4, -0.2) is 38.8 Å². The molecule has 4 rings (SSSR count). The van der Waals surface area contributed by atoms with Crippen molar-refractivity contribution in [3.8, 4) is 11.5 Å². The van der Waals surface area contributed by atoms with Crippen LogP contribution in [-0.2, 0) is 11.2 Å². The Hall–Kier alpha value is -2.67. The molecule has 2 aromatic heterocycles. The SMILES string of the molecule is CN(C(=O)CSc1nnc(-c2ccncc2)o1)C1CCCc2ccccc21. The first-order valence-electron chi connectivity index (χ1n) is 8.92. The Labute approximate surface area is 162 Å². The molecule has 1 amide bonds. The Balaban J connectivity index is 1.39. The number of amides is 1. The highest BCUT2D eigenvalue weighted by molar-refractivity contribution is 7.99. The molecule has 0 N–H and O–H groups in total. The van der Waals surface area contributed by atoms with Gasteiger partial charge in [-0.3, -0.25) is 9.78 Å². The summed E-state index contributed by atoms with van der Waals surface area (Å²) in [6.45, 7) is 0. The quantitative estimate of drug-likeness (QED) is 0.628. The average molecular weight is 380 g/mol. The Morgan fingerprint density at radius 1 is 1.22 bits per heavy atom. The number of nitrogens with zero attached hydrogens (tertiary/aromatic N) is 4. The van der Waals surface area contributed by atoms with Crippen LogP contribution < -0.4 is 0 Å². The molecule has 6 nitrogen and oxygen atoms in total. The number of aryl methyl sites for hydroxylation is 1. The summed E-state index contributed by atoms with van der Waals surface area (Å²) in [5, 5.41) is 8.46. The van der Waals surface area contributed by atoms with Crippen molar-refractivity contribution in [2.45, 2.75) is 30.5 Å². The molecule has 0 saturated heterocycles. The first-order valence-corrected chi connectivity index (χ1v) is 9.91. The van der Waals surface area contributed by atoms with Gasteiger partial charge in [-0.1, -0.05) is 36.0 Å². The van der Waals surface area contributed by atoms with Crippen molar-refractivity contribution in [2.75, 3.05) is 12.8 Å². The molecule has 1 aliphatic carbocycles. The van der Waals surface area contributed by atoms with Gasteiger partial charge in [0, 0.05) is 25.0 Å². The first-order chi connectivity index (χ1) is 13.2. The molecule has 0 fully saturated rings. The Bertz CT molecular complexity index is 928. The summed E-state index contributed by atoms with van der Waals surface area (Å²) in [4.78, 5) is 18.5. The minimum absolute atomic E-state index is 0.0605. The molecule has 1 atom stereocenters. The molecule has 0 radical (unpaired) electrons. The van der Waals surface area contributed by atoms with E-state index in [1.165, 1.54) is 22.9 Å². The van der Waals surface area contributed by atoms with Crippen LogP contribution in [0.5, 0.6) is 0 Å². The number of fused-ring (bicyclic) bond motifs is 1. The topological polar surface area (TPSA) is 72.1 Å². The predicted octanol–water partition coefficient (Wildman–Crippen LogP) is 3.76. The zero-order valence-corrected chi connectivity index (χ0v) is 15.9. The minimum atomic E-state index is 0.0605. The van der Waals surface area contributed by atoms with Gasteiger partial charge in [0.05, 0.1) is 11.8 Å². The Kier molecular flexibility index (Phi) is 5.20. The van der Waals surface area contributed by atoms with Crippen LogP contribution in [0.15, 0.2) is 58.4 Å². The summed E-state index contributed by atoms with van der Waals surface area (Å²) in [5.74, 6) is 0.764. The third kappa shape index (κ3) is 3.88. The van der Waals surface area contributed by atoms with Crippen LogP contribution in [0.25, 0.3) is 11.5 Å². The lowest BCUT2D eigenvalue weighted by Crippen LogP contribution is -2.34. The number of pyridine rings is 1. The first kappa shape index (κ1) is 17.7. The average Bonchev–Trinajstić information content (AvgIpc) is 3.21. The molecule has 2 heterocycles. The van der Waals surface area contributed by atoms with E-state index in [2.05, 4.69) is 33.4 Å². The van der Waals surface area contributed by atoms with E-state index in [0.29, 0.717) is 11.1 Å². The molecule has 138 valence electrons. The number of carbonyl (C=O) groups is 1. The molecule has 0 aliphatic heterocycles. The maximum Gasteiger partial charge on any atom is 0.277 e. The van der Waals surface area contributed by atoms with Crippen LogP contribution in [0.1, 0.15) is 30.0 Å². The van der Waals surface area contributed by atoms with Crippen molar-refractivity contribution < 1.29 is 9.21 Å². The van der Waals surface area contributed by atoms with Crippen molar-refractivity contribution in [3.05, 3.63) is 59.9 Å². The van der Waals surface area contributed by atoms with Gasteiger partial charge >= 0.3 is 0 Å². The van der Waals surface area contributed by atoms with Crippen molar-refractivity contribution in [1.82, 2.24) is 20.1 Å². The Morgan fingerprint density at radius 3 is 2.89 bits per heavy atom. The van der Waals surface area contributed by atoms with E-state index >= 15 is 0 Å². The van der Waals surface area contributed by atoms with Gasteiger partial charge in [0.2, 0.25) is 11.8 Å². The lowest BCUT2D eigenvalue weighted by atomic mass is 9.87. The second-order valence-corrected chi connectivity index (χ2v) is 7.44. The number of rotatable bonds is 5. The smallest absolute Gasteiger partial charge is 0.277 e. The van der Waals surface area contributed by atoms with Crippen molar-refractivity contribution >= 4 is 17.7 Å². The monoisotopic (exact) mass is 380 g/mol. The highest BCUT2D eigenvalue weighted by Crippen LogP contribution is 2.34. The van der Waals surface area contributed by atoms with Gasteiger partial charge in [-0.05, 0) is 42.5 Å². The fourth-order valence-corrected chi connectivity index (χ4v) is 4.10. The van der Waals surface area contributed by atoms with E-state index in [0.717, 1.165) is 24.8 Å². The van der Waals surface area contributed by atoms with Crippen LogP contribution in [0.2, 0.25) is 0 Å². The predicted molar refractivity (Wildman–Crippen MR) is 103 cm³/mol. The normalized spacial score (nSPS) is 16.0. The van der Waals surface area contributed by atoms with E-state index < -0.39 is 0 Å². The van der Waals surface area contributed by atoms with Crippen molar-refractivity contribution in [2.24, 2.45) is 0 Å². The molecule has 1 unspecified atom stereocenters. The second-order valence-electron chi connectivity index (χ2n) is 6.51. The number of benzene rings is 1. The third-order valence-corrected chi connectivity index (χ3v) is 5.65. The lowest BCUT2D eigenvalue weighted by Gasteiger charge is -2.33. The molecule has 27 heavy (non-hydrogen) atoms. The molecule has 7 heteroatoms. The molecular weight excluding hydrogens is 360 g/mol. The summed E-state index contributed by atoms with van der Waals surface area (Å²) in [5.41, 5.74) is 3.42. The maximum atomic E-state index is 12.7. The highest BCUT2D eigenvalue weighted by atomic mass is 32.2. The van der Waals surface area contributed by atoms with E-state index in [9.17, 15) is 4.79 Å². The number of hydrogen-bond acceptors (Lipinski definition) is 6. The summed E-state index contributed by atoms with van der Waals surface area (Å²) >= 11 is 1.27. The number of carbonyl (C=O) groups excluding carboxylic acids is 1. The zero-order chi connectivity index (χ0) is 18.6. The Morgan fingerprint density at radius 2 is 2.04 bits per heavy atom. The van der Waals surface area contributed by atoms with Gasteiger partial charge in [0.25, 0.3) is 5.22 Å². The second kappa shape index (κ2) is 7.92. The van der Waals surface area contributed by atoms with Crippen LogP contribution in [0.3, 0.4) is 0 Å². The van der Waals surface area contributed by atoms with Crippen LogP contribution in [0.4, 0.5) is 0 Å². The summed E-state index contributed by atoms with van der Waals surface area (Å²) < 4.78 is 5.64. The van der Waals surface area contributed by atoms with E-state index in [4.69, 9.17) is 4.42 Å². The molecular formula is C20H20N4O2S. The van der Waals surface area contributed by atoms with Gasteiger partial charge < -0.3 is 9.32 Å². The standard InChI is InChI=1S/C20H20N4O2S/c1-24(17-8-4-6-14-5-2-3-7-16(14)17)18(25)13-27-20-23-22-19(26-20)15-9-11-21-12-10-15/h2-3,5,7,9-12,17H,4,6,8,13H2,1H3. The summed E-state index contributed by atoms with van der Waals surface area (Å²) in [6.07, 6.45) is 6.53. The van der Waals surface area contributed by atoms with Crippen LogP contribution >= 0.6 is 11.8 Å². The van der Waals surface area contributed by atoms with Crippen molar-refractivity contribution in [1.29, 1.82) is 0 Å². The molecule has 1 aliphatic rings. The van der Waals surface area contributed by atoms with Gasteiger partial charge in [-0.25, -0.2) is 0 Å². The number of thioether (sulfide) groups is 1. The summed E-state index contributed by atoms with van der Waals surface area (Å²) in [6, 6.07) is 12.2. The fraction of sp³-hybridized carbons (Fsp3) is 0.300. The van der Waals surface area contributed by atoms with E-state index in [1.54, 1.807) is 24.5 Å². The number of aromatic nitrogens is 3. The molecule has 0 bridgehead atoms. The third-order valence-electron chi connectivity index (χ3n) is 4.85. The fourth-order valence-electron chi connectivity index (χ4n) is 3.41. The van der Waals surface area contributed by atoms with Gasteiger partial charge in [-0.2, -0.15) is 0 Å². The molecule has 3 aromatic rings. The largest absolute Gasteiger partial charge is 0.411 e. The lowest BCUT2D eigenvalue weighted by molar-refractivity contribution is -0.129. The maximum absolute atomic E-state index is 12.7. The van der Waals surface area contributed by atoms with Gasteiger partial charge in [0.15, 0.2) is 0 Å². The van der Waals surface area contributed by atoms with E-state index in [1.807, 2.05) is 18.0 Å². The van der Waals surface area contributed by atoms with Crippen LogP contribution in [0, 0.1) is 0 Å². The zero-order valence-electron chi connectivity index (χ0n) is 15.0. The highest BCUT2D eigenvalue weighted by Gasteiger charge is 2.26. The summed E-state index contributed by atoms with van der Waals surface area (Å²) in [7, 11) is 1.88. The molecule has 0 saturated carbocycles. The number of hydrogen-bond donors (Lipinski definition) is 0. The van der Waals surface area contributed by atoms with E-state index in [-0.39, 0.29) is 17.7 Å². The van der Waals surface area contributed by atoms with Gasteiger partial charge in [0.1, 0.15) is 0 Å². The van der Waals surface area contributed by atoms with Crippen molar-refractivity contribution in [3.63, 3.8) is 0 Å². The molecule has 0 spiro atoms. The molecule has 1 aromatic carbocycles.